The van der Waals surface area contributed by atoms with Gasteiger partial charge in [-0.15, -0.1) is 0 Å². The molecule has 0 bridgehead atoms. The second-order valence-electron chi connectivity index (χ2n) is 5.35. The summed E-state index contributed by atoms with van der Waals surface area (Å²) >= 11 is 0. The highest BCUT2D eigenvalue weighted by molar-refractivity contribution is 5.98. The molecule has 1 aromatic rings. The van der Waals surface area contributed by atoms with E-state index in [4.69, 9.17) is 10.5 Å². The lowest BCUT2D eigenvalue weighted by atomic mass is 10.1. The molecule has 0 aromatic heterocycles. The molecule has 4 heteroatoms. The van der Waals surface area contributed by atoms with Gasteiger partial charge in [-0.2, -0.15) is 0 Å². The van der Waals surface area contributed by atoms with E-state index in [2.05, 4.69) is 11.8 Å². The molecular weight excluding hydrogens is 252 g/mol. The summed E-state index contributed by atoms with van der Waals surface area (Å²) in [6.45, 7) is 5.39. The molecule has 1 heterocycles. The van der Waals surface area contributed by atoms with E-state index in [-0.39, 0.29) is 5.97 Å². The van der Waals surface area contributed by atoms with Gasteiger partial charge in [-0.05, 0) is 38.8 Å². The summed E-state index contributed by atoms with van der Waals surface area (Å²) in [6, 6.07) is 6.08. The van der Waals surface area contributed by atoms with E-state index in [1.807, 2.05) is 12.1 Å². The Balaban J connectivity index is 2.31. The van der Waals surface area contributed by atoms with Gasteiger partial charge in [0.2, 0.25) is 0 Å². The predicted octanol–water partition coefficient (Wildman–Crippen LogP) is 3.21. The summed E-state index contributed by atoms with van der Waals surface area (Å²) < 4.78 is 5.07. The van der Waals surface area contributed by atoms with Crippen LogP contribution in [0.1, 0.15) is 49.9 Å². The lowest BCUT2D eigenvalue weighted by molar-refractivity contribution is 0.0527. The maximum Gasteiger partial charge on any atom is 0.340 e. The minimum Gasteiger partial charge on any atom is -0.462 e. The number of nitrogen functional groups attached to an aromatic ring is 1. The van der Waals surface area contributed by atoms with Crippen LogP contribution < -0.4 is 10.6 Å². The fourth-order valence-corrected chi connectivity index (χ4v) is 2.82. The summed E-state index contributed by atoms with van der Waals surface area (Å²) in [6.07, 6.45) is 4.87. The molecule has 0 amide bonds. The molecule has 2 rings (SSSR count). The lowest BCUT2D eigenvalue weighted by Gasteiger charge is -2.31. The second kappa shape index (κ2) is 6.64. The largest absolute Gasteiger partial charge is 0.462 e. The second-order valence-corrected chi connectivity index (χ2v) is 5.35. The van der Waals surface area contributed by atoms with Crippen molar-refractivity contribution in [3.8, 4) is 0 Å². The fraction of sp³-hybridized carbons (Fsp3) is 0.562. The average molecular weight is 276 g/mol. The smallest absolute Gasteiger partial charge is 0.340 e. The monoisotopic (exact) mass is 276 g/mol. The molecule has 4 nitrogen and oxygen atoms in total. The highest BCUT2D eigenvalue weighted by Gasteiger charge is 2.22. The number of rotatable bonds is 3. The van der Waals surface area contributed by atoms with Crippen molar-refractivity contribution >= 4 is 17.3 Å². The minimum absolute atomic E-state index is 0.339. The zero-order valence-corrected chi connectivity index (χ0v) is 12.4. The van der Waals surface area contributed by atoms with Gasteiger partial charge in [0, 0.05) is 12.6 Å². The molecule has 1 aliphatic heterocycles. The van der Waals surface area contributed by atoms with Gasteiger partial charge in [-0.1, -0.05) is 18.9 Å². The van der Waals surface area contributed by atoms with Crippen LogP contribution in [0.2, 0.25) is 0 Å². The molecule has 1 atom stereocenters. The van der Waals surface area contributed by atoms with E-state index in [1.165, 1.54) is 25.7 Å². The summed E-state index contributed by atoms with van der Waals surface area (Å²) in [5, 5.41) is 0. The average Bonchev–Trinajstić information content (AvgIpc) is 2.64. The van der Waals surface area contributed by atoms with Crippen molar-refractivity contribution < 1.29 is 9.53 Å². The zero-order chi connectivity index (χ0) is 14.5. The Bertz CT molecular complexity index is 474. The molecule has 110 valence electrons. The van der Waals surface area contributed by atoms with Crippen LogP contribution in [0.25, 0.3) is 0 Å². The number of hydrogen-bond acceptors (Lipinski definition) is 4. The van der Waals surface area contributed by atoms with E-state index >= 15 is 0 Å². The number of para-hydroxylation sites is 1. The van der Waals surface area contributed by atoms with Crippen LogP contribution in [0.15, 0.2) is 18.2 Å². The first kappa shape index (κ1) is 14.7. The number of nitrogens with zero attached hydrogens (tertiary/aromatic N) is 1. The standard InChI is InChI=1S/C16H24N2O2/c1-3-20-16(19)13-9-7-10-14(15(13)17)18-11-6-4-5-8-12(18)2/h7,9-10,12H,3-6,8,11,17H2,1-2H3. The molecule has 1 aliphatic rings. The first-order valence-electron chi connectivity index (χ1n) is 7.47. The Morgan fingerprint density at radius 1 is 1.40 bits per heavy atom. The van der Waals surface area contributed by atoms with Gasteiger partial charge >= 0.3 is 5.97 Å². The van der Waals surface area contributed by atoms with Crippen LogP contribution in [0.5, 0.6) is 0 Å². The van der Waals surface area contributed by atoms with Gasteiger partial charge in [0.15, 0.2) is 0 Å². The van der Waals surface area contributed by atoms with E-state index in [1.54, 1.807) is 13.0 Å². The van der Waals surface area contributed by atoms with Crippen LogP contribution in [-0.2, 0) is 4.74 Å². The SMILES string of the molecule is CCOC(=O)c1cccc(N2CCCCCC2C)c1N. The Morgan fingerprint density at radius 3 is 2.95 bits per heavy atom. The number of carbonyl (C=O) groups excluding carboxylic acids is 1. The number of ether oxygens (including phenoxy) is 1. The van der Waals surface area contributed by atoms with E-state index in [0.717, 1.165) is 12.2 Å². The highest BCUT2D eigenvalue weighted by Crippen LogP contribution is 2.31. The third kappa shape index (κ3) is 3.06. The van der Waals surface area contributed by atoms with Gasteiger partial charge in [0.25, 0.3) is 0 Å². The van der Waals surface area contributed by atoms with Gasteiger partial charge in [0.1, 0.15) is 0 Å². The van der Waals surface area contributed by atoms with Crippen molar-refractivity contribution in [1.82, 2.24) is 0 Å². The topological polar surface area (TPSA) is 55.6 Å². The molecule has 0 radical (unpaired) electrons. The Hall–Kier alpha value is -1.71. The third-order valence-electron chi connectivity index (χ3n) is 3.94. The van der Waals surface area contributed by atoms with E-state index in [9.17, 15) is 4.79 Å². The summed E-state index contributed by atoms with van der Waals surface area (Å²) in [4.78, 5) is 14.3. The quantitative estimate of drug-likeness (QED) is 0.680. The minimum atomic E-state index is -0.339. The number of nitrogens with two attached hydrogens (primary N) is 1. The number of anilines is 2. The molecule has 0 saturated carbocycles. The van der Waals surface area contributed by atoms with Gasteiger partial charge in [-0.3, -0.25) is 0 Å². The zero-order valence-electron chi connectivity index (χ0n) is 12.4. The molecule has 0 spiro atoms. The van der Waals surface area contributed by atoms with Gasteiger partial charge in [0.05, 0.1) is 23.5 Å². The fourth-order valence-electron chi connectivity index (χ4n) is 2.82. The molecule has 1 aromatic carbocycles. The van der Waals surface area contributed by atoms with E-state index in [0.29, 0.717) is 23.9 Å². The van der Waals surface area contributed by atoms with Crippen LogP contribution in [-0.4, -0.2) is 25.2 Å². The van der Waals surface area contributed by atoms with Crippen molar-refractivity contribution in [1.29, 1.82) is 0 Å². The lowest BCUT2D eigenvalue weighted by Crippen LogP contribution is -2.33. The summed E-state index contributed by atoms with van der Waals surface area (Å²) in [7, 11) is 0. The highest BCUT2D eigenvalue weighted by atomic mass is 16.5. The number of hydrogen-bond donors (Lipinski definition) is 1. The maximum atomic E-state index is 11.9. The Kier molecular flexibility index (Phi) is 4.88. The molecule has 1 unspecified atom stereocenters. The van der Waals surface area contributed by atoms with Crippen molar-refractivity contribution in [3.63, 3.8) is 0 Å². The van der Waals surface area contributed by atoms with Crippen molar-refractivity contribution in [3.05, 3.63) is 23.8 Å². The van der Waals surface area contributed by atoms with E-state index < -0.39 is 0 Å². The van der Waals surface area contributed by atoms with Crippen molar-refractivity contribution in [2.24, 2.45) is 0 Å². The van der Waals surface area contributed by atoms with Gasteiger partial charge in [-0.25, -0.2) is 4.79 Å². The molecule has 20 heavy (non-hydrogen) atoms. The van der Waals surface area contributed by atoms with Crippen LogP contribution in [0, 0.1) is 0 Å². The predicted molar refractivity (Wildman–Crippen MR) is 82.1 cm³/mol. The van der Waals surface area contributed by atoms with Crippen LogP contribution in [0.4, 0.5) is 11.4 Å². The summed E-state index contributed by atoms with van der Waals surface area (Å²) in [5.74, 6) is -0.339. The molecule has 0 aliphatic carbocycles. The first-order chi connectivity index (χ1) is 9.65. The van der Waals surface area contributed by atoms with Crippen LogP contribution in [0.3, 0.4) is 0 Å². The Labute approximate surface area is 120 Å². The van der Waals surface area contributed by atoms with Crippen LogP contribution >= 0.6 is 0 Å². The molecule has 1 saturated heterocycles. The van der Waals surface area contributed by atoms with Crippen molar-refractivity contribution in [2.45, 2.75) is 45.6 Å². The molecule has 1 fully saturated rings. The van der Waals surface area contributed by atoms with Gasteiger partial charge < -0.3 is 15.4 Å². The maximum absolute atomic E-state index is 11.9. The summed E-state index contributed by atoms with van der Waals surface area (Å²) in [5.41, 5.74) is 8.19. The molecular formula is C16H24N2O2. The molecule has 2 N–H and O–H groups in total. The van der Waals surface area contributed by atoms with Crippen molar-refractivity contribution in [2.75, 3.05) is 23.8 Å². The Morgan fingerprint density at radius 2 is 2.20 bits per heavy atom. The number of carbonyl (C=O) groups is 1. The number of benzene rings is 1. The first-order valence-corrected chi connectivity index (χ1v) is 7.47. The normalized spacial score (nSPS) is 19.5. The third-order valence-corrected chi connectivity index (χ3v) is 3.94. The number of esters is 1.